The van der Waals surface area contributed by atoms with Crippen LogP contribution in [-0.4, -0.2) is 19.9 Å². The van der Waals surface area contributed by atoms with E-state index in [9.17, 15) is 0 Å². The molecule has 0 fully saturated rings. The zero-order valence-electron chi connectivity index (χ0n) is 26.0. The number of hydrogen-bond donors (Lipinski definition) is 2. The van der Waals surface area contributed by atoms with Crippen LogP contribution < -0.4 is 0 Å². The lowest BCUT2D eigenvalue weighted by molar-refractivity contribution is 0.532. The molecule has 2 aliphatic rings. The SMILES string of the molecule is CCC1=C(CC)c2cc3[nH]c(cc4[nH]c(cc5nc(cc1n2)[C@H](CC)[C@@H]5CC)c(CC)c4CC)c(CC)c3CC. The monoisotopic (exact) mass is 536 g/mol. The van der Waals surface area contributed by atoms with Crippen LogP contribution in [0.1, 0.15) is 138 Å². The van der Waals surface area contributed by atoms with Crippen molar-refractivity contribution in [3.8, 4) is 0 Å². The van der Waals surface area contributed by atoms with Gasteiger partial charge in [0.15, 0.2) is 0 Å². The average molecular weight is 537 g/mol. The largest absolute Gasteiger partial charge is 0.355 e. The summed E-state index contributed by atoms with van der Waals surface area (Å²) in [5.41, 5.74) is 18.0. The predicted molar refractivity (Wildman–Crippen MR) is 172 cm³/mol. The molecule has 8 bridgehead atoms. The number of nitrogens with zero attached hydrogens (tertiary/aromatic N) is 2. The molecule has 4 heteroatoms. The molecular formula is C36H48N4. The molecule has 4 nitrogen and oxygen atoms in total. The Hall–Kier alpha value is -3.14. The van der Waals surface area contributed by atoms with Gasteiger partial charge < -0.3 is 9.97 Å². The highest BCUT2D eigenvalue weighted by Gasteiger charge is 2.30. The summed E-state index contributed by atoms with van der Waals surface area (Å²) >= 11 is 0. The highest BCUT2D eigenvalue weighted by atomic mass is 14.8. The maximum absolute atomic E-state index is 5.35. The van der Waals surface area contributed by atoms with Crippen LogP contribution in [0.3, 0.4) is 0 Å². The summed E-state index contributed by atoms with van der Waals surface area (Å²) in [6.07, 6.45) is 8.15. The van der Waals surface area contributed by atoms with Gasteiger partial charge in [-0.3, -0.25) is 4.98 Å². The lowest BCUT2D eigenvalue weighted by Gasteiger charge is -2.16. The highest BCUT2D eigenvalue weighted by Crippen LogP contribution is 2.43. The summed E-state index contributed by atoms with van der Waals surface area (Å²) in [5.74, 6) is 0.852. The fourth-order valence-electron chi connectivity index (χ4n) is 7.51. The Morgan fingerprint density at radius 2 is 0.875 bits per heavy atom. The molecule has 0 aromatic carbocycles. The highest BCUT2D eigenvalue weighted by molar-refractivity contribution is 5.93. The maximum Gasteiger partial charge on any atom is 0.0693 e. The van der Waals surface area contributed by atoms with Crippen molar-refractivity contribution in [2.75, 3.05) is 0 Å². The van der Waals surface area contributed by atoms with Crippen molar-refractivity contribution in [3.05, 3.63) is 69.3 Å². The summed E-state index contributed by atoms with van der Waals surface area (Å²) in [4.78, 5) is 18.4. The van der Waals surface area contributed by atoms with Gasteiger partial charge in [-0.15, -0.1) is 0 Å². The number of H-pyrrole nitrogens is 2. The Morgan fingerprint density at radius 1 is 0.475 bits per heavy atom. The number of rotatable bonds is 8. The standard InChI is InChI=1S/C36H48N4/c1-9-21-22(10-2)30-18-32-25(13-5)26(14-6)34(39-32)20-36-28(16-8)27(15-7)35(40-36)19-33-24(12-4)23(11-3)31(38-33)17-29(21)37-30/h17-22,38,40H,9-16H2,1-8H3/t21-,22+/m0/s1. The summed E-state index contributed by atoms with van der Waals surface area (Å²) in [6.45, 7) is 18.3. The Morgan fingerprint density at radius 3 is 1.30 bits per heavy atom. The van der Waals surface area contributed by atoms with Crippen molar-refractivity contribution in [1.82, 2.24) is 19.9 Å². The molecule has 0 spiro atoms. The summed E-state index contributed by atoms with van der Waals surface area (Å²) in [5, 5.41) is 0. The first-order valence-electron chi connectivity index (χ1n) is 16.0. The second-order valence-corrected chi connectivity index (χ2v) is 11.3. The molecule has 5 heterocycles. The quantitative estimate of drug-likeness (QED) is 0.301. The third-order valence-electron chi connectivity index (χ3n) is 9.44. The zero-order valence-corrected chi connectivity index (χ0v) is 26.0. The van der Waals surface area contributed by atoms with Gasteiger partial charge in [0.25, 0.3) is 0 Å². The number of allylic oxidation sites excluding steroid dienone is 2. The van der Waals surface area contributed by atoms with E-state index in [1.54, 1.807) is 0 Å². The Kier molecular flexibility index (Phi) is 8.35. The fraction of sp³-hybridized carbons (Fsp3) is 0.500. The molecule has 0 amide bonds. The van der Waals surface area contributed by atoms with E-state index >= 15 is 0 Å². The number of aromatic nitrogens is 4. The molecule has 2 aliphatic heterocycles. The summed E-state index contributed by atoms with van der Waals surface area (Å²) in [6, 6.07) is 9.38. The topological polar surface area (TPSA) is 57.4 Å². The molecule has 3 aromatic rings. The molecule has 0 aliphatic carbocycles. The first-order valence-corrected chi connectivity index (χ1v) is 16.0. The van der Waals surface area contributed by atoms with Crippen LogP contribution in [0.4, 0.5) is 0 Å². The predicted octanol–water partition coefficient (Wildman–Crippen LogP) is 9.98. The number of fused-ring (bicyclic) bond motifs is 8. The summed E-state index contributed by atoms with van der Waals surface area (Å²) < 4.78 is 0. The zero-order chi connectivity index (χ0) is 28.6. The van der Waals surface area contributed by atoms with Crippen LogP contribution in [0.5, 0.6) is 0 Å². The average Bonchev–Trinajstić information content (AvgIpc) is 3.67. The van der Waals surface area contributed by atoms with Crippen LogP contribution in [0, 0.1) is 0 Å². The molecule has 0 radical (unpaired) electrons. The minimum absolute atomic E-state index is 0.423. The van der Waals surface area contributed by atoms with Crippen LogP contribution in [0.25, 0.3) is 33.2 Å². The summed E-state index contributed by atoms with van der Waals surface area (Å²) in [7, 11) is 0. The van der Waals surface area contributed by atoms with Gasteiger partial charge in [-0.1, -0.05) is 55.4 Å². The van der Waals surface area contributed by atoms with E-state index in [0.717, 1.165) is 62.8 Å². The van der Waals surface area contributed by atoms with Gasteiger partial charge in [-0.05, 0) is 109 Å². The number of nitrogens with one attached hydrogen (secondary N) is 2. The van der Waals surface area contributed by atoms with Crippen LogP contribution >= 0.6 is 0 Å². The fourth-order valence-corrected chi connectivity index (χ4v) is 7.51. The molecule has 0 saturated carbocycles. The molecule has 40 heavy (non-hydrogen) atoms. The van der Waals surface area contributed by atoms with Crippen LogP contribution in [0.2, 0.25) is 0 Å². The normalized spacial score (nSPS) is 17.2. The van der Waals surface area contributed by atoms with E-state index in [2.05, 4.69) is 89.6 Å². The van der Waals surface area contributed by atoms with Crippen molar-refractivity contribution < 1.29 is 0 Å². The van der Waals surface area contributed by atoms with Crippen molar-refractivity contribution in [3.63, 3.8) is 0 Å². The molecule has 0 saturated heterocycles. The third kappa shape index (κ3) is 4.63. The minimum atomic E-state index is 0.423. The van der Waals surface area contributed by atoms with Crippen LogP contribution in [0.15, 0.2) is 24.3 Å². The molecule has 3 aromatic heterocycles. The van der Waals surface area contributed by atoms with E-state index < -0.39 is 0 Å². The third-order valence-corrected chi connectivity index (χ3v) is 9.44. The van der Waals surface area contributed by atoms with Gasteiger partial charge in [0.1, 0.15) is 0 Å². The number of hydrogen-bond acceptors (Lipinski definition) is 2. The smallest absolute Gasteiger partial charge is 0.0693 e. The molecule has 5 rings (SSSR count). The van der Waals surface area contributed by atoms with E-state index in [1.807, 2.05) is 0 Å². The van der Waals surface area contributed by atoms with Crippen molar-refractivity contribution >= 4 is 33.2 Å². The van der Waals surface area contributed by atoms with Gasteiger partial charge >= 0.3 is 0 Å². The van der Waals surface area contributed by atoms with Gasteiger partial charge in [0.05, 0.1) is 11.4 Å². The van der Waals surface area contributed by atoms with E-state index in [4.69, 9.17) is 9.97 Å². The van der Waals surface area contributed by atoms with Gasteiger partial charge in [0.2, 0.25) is 0 Å². The molecular weight excluding hydrogens is 488 g/mol. The second-order valence-electron chi connectivity index (χ2n) is 11.3. The maximum atomic E-state index is 5.35. The first-order chi connectivity index (χ1) is 19.5. The van der Waals surface area contributed by atoms with Crippen molar-refractivity contribution in [2.24, 2.45) is 0 Å². The van der Waals surface area contributed by atoms with Gasteiger partial charge in [0, 0.05) is 45.3 Å². The molecule has 2 N–H and O–H groups in total. The molecule has 0 unspecified atom stereocenters. The Labute approximate surface area is 240 Å². The minimum Gasteiger partial charge on any atom is -0.355 e. The second kappa shape index (κ2) is 11.8. The molecule has 2 atom stereocenters. The Balaban J connectivity index is 2.00. The molecule has 212 valence electrons. The van der Waals surface area contributed by atoms with Crippen LogP contribution in [-0.2, 0) is 25.7 Å². The van der Waals surface area contributed by atoms with Crippen molar-refractivity contribution in [1.29, 1.82) is 0 Å². The number of aromatic amines is 2. The Bertz CT molecular complexity index is 1600. The lowest BCUT2D eigenvalue weighted by atomic mass is 9.85. The first kappa shape index (κ1) is 28.4. The van der Waals surface area contributed by atoms with Crippen molar-refractivity contribution in [2.45, 2.75) is 119 Å². The van der Waals surface area contributed by atoms with E-state index in [0.29, 0.717) is 11.8 Å². The van der Waals surface area contributed by atoms with Gasteiger partial charge in [-0.2, -0.15) is 0 Å². The van der Waals surface area contributed by atoms with E-state index in [1.165, 1.54) is 66.9 Å². The lowest BCUT2D eigenvalue weighted by Crippen LogP contribution is -2.03. The van der Waals surface area contributed by atoms with Gasteiger partial charge in [-0.25, -0.2) is 4.98 Å². The van der Waals surface area contributed by atoms with E-state index in [-0.39, 0.29) is 0 Å². The number of aryl methyl sites for hydroxylation is 4.